The quantitative estimate of drug-likeness (QED) is 0.158. The third-order valence-electron chi connectivity index (χ3n) is 10.8. The first-order valence-electron chi connectivity index (χ1n) is 18.9. The maximum absolute atomic E-state index is 14.3. The average molecular weight is 797 g/mol. The van der Waals surface area contributed by atoms with Crippen LogP contribution in [0.4, 0.5) is 0 Å². The minimum atomic E-state index is -1.22. The van der Waals surface area contributed by atoms with Crippen LogP contribution < -0.4 is 24.3 Å². The molecular formula is C43H45ClN4O9. The number of benzene rings is 4. The second kappa shape index (κ2) is 17.7. The molecule has 0 aromatic heterocycles. The molecule has 0 radical (unpaired) electrons. The number of carbonyl (C=O) groups excluding carboxylic acids is 4. The topological polar surface area (TPSA) is 147 Å². The maximum Gasteiger partial charge on any atom is 0.261 e. The number of carbonyl (C=O) groups is 4. The highest BCUT2D eigenvalue weighted by molar-refractivity contribution is 6.35. The molecule has 1 fully saturated rings. The molecule has 57 heavy (non-hydrogen) atoms. The molecule has 0 aliphatic carbocycles. The van der Waals surface area contributed by atoms with Gasteiger partial charge in [0.15, 0.2) is 23.0 Å². The van der Waals surface area contributed by atoms with Crippen molar-refractivity contribution < 1.29 is 43.2 Å². The van der Waals surface area contributed by atoms with Crippen molar-refractivity contribution >= 4 is 35.2 Å². The van der Waals surface area contributed by atoms with Gasteiger partial charge in [0.25, 0.3) is 17.7 Å². The van der Waals surface area contributed by atoms with Crippen molar-refractivity contribution in [3.05, 3.63) is 118 Å². The summed E-state index contributed by atoms with van der Waals surface area (Å²) >= 11 is 6.62. The Hall–Kier alpha value is -5.63. The third-order valence-corrected chi connectivity index (χ3v) is 11.2. The van der Waals surface area contributed by atoms with Gasteiger partial charge in [0.05, 0.1) is 48.1 Å². The summed E-state index contributed by atoms with van der Waals surface area (Å²) in [5, 5.41) is 15.1. The Morgan fingerprint density at radius 2 is 1.58 bits per heavy atom. The van der Waals surface area contributed by atoms with Gasteiger partial charge in [0, 0.05) is 45.2 Å². The molecule has 13 nitrogen and oxygen atoms in total. The minimum Gasteiger partial charge on any atom is -0.493 e. The molecule has 4 aromatic rings. The number of amides is 4. The van der Waals surface area contributed by atoms with Gasteiger partial charge < -0.3 is 34.3 Å². The summed E-state index contributed by atoms with van der Waals surface area (Å²) in [5.74, 6) is 0.270. The van der Waals surface area contributed by atoms with E-state index in [1.54, 1.807) is 35.2 Å². The highest BCUT2D eigenvalue weighted by Gasteiger charge is 2.37. The van der Waals surface area contributed by atoms with Crippen LogP contribution in [0.15, 0.2) is 84.9 Å². The Morgan fingerprint density at radius 1 is 0.895 bits per heavy atom. The van der Waals surface area contributed by atoms with Gasteiger partial charge in [-0.3, -0.25) is 29.0 Å². The first kappa shape index (κ1) is 39.6. The summed E-state index contributed by atoms with van der Waals surface area (Å²) in [5.41, 5.74) is 2.69. The molecule has 3 aliphatic heterocycles. The number of halogens is 1. The van der Waals surface area contributed by atoms with Crippen molar-refractivity contribution in [3.63, 3.8) is 0 Å². The Bertz CT molecular complexity index is 2090. The zero-order valence-electron chi connectivity index (χ0n) is 31.8. The number of hydrogen-bond acceptors (Lipinski definition) is 10. The number of aliphatic hydroxyl groups is 1. The van der Waals surface area contributed by atoms with Gasteiger partial charge in [-0.05, 0) is 66.8 Å². The number of rotatable bonds is 15. The summed E-state index contributed by atoms with van der Waals surface area (Å²) in [6.45, 7) is 2.03. The molecule has 2 N–H and O–H groups in total. The van der Waals surface area contributed by atoms with E-state index in [9.17, 15) is 24.3 Å². The largest absolute Gasteiger partial charge is 0.493 e. The van der Waals surface area contributed by atoms with Crippen LogP contribution in [0.5, 0.6) is 23.0 Å². The monoisotopic (exact) mass is 796 g/mol. The van der Waals surface area contributed by atoms with Gasteiger partial charge >= 0.3 is 0 Å². The van der Waals surface area contributed by atoms with E-state index in [0.29, 0.717) is 49.4 Å². The number of fused-ring (bicyclic) bond motifs is 2. The lowest BCUT2D eigenvalue weighted by Gasteiger charge is -2.40. The van der Waals surface area contributed by atoms with Gasteiger partial charge in [0.1, 0.15) is 0 Å². The number of piperidine rings is 1. The molecule has 298 valence electrons. The zero-order valence-corrected chi connectivity index (χ0v) is 32.6. The number of nitrogens with zero attached hydrogens (tertiary/aromatic N) is 3. The average Bonchev–Trinajstić information content (AvgIpc) is 3.80. The predicted octanol–water partition coefficient (Wildman–Crippen LogP) is 4.97. The van der Waals surface area contributed by atoms with E-state index in [2.05, 4.69) is 10.2 Å². The van der Waals surface area contributed by atoms with Gasteiger partial charge in [-0.1, -0.05) is 60.1 Å². The first-order valence-corrected chi connectivity index (χ1v) is 19.3. The van der Waals surface area contributed by atoms with Crippen molar-refractivity contribution in [2.45, 2.75) is 50.4 Å². The van der Waals surface area contributed by atoms with Crippen molar-refractivity contribution in [1.29, 1.82) is 0 Å². The standard InChI is InChI=1S/C43H45ClN4O9/c1-54-36-15-13-32(39(44)40(36)55-2)41(51)45-33(22-27-8-4-3-5-9-27)34(49)25-48(38(50)18-21-47-42(52)30-10-6-7-11-31(30)43(47)53)29-16-19-46(20-17-29)24-28-12-14-35-37(23-28)57-26-56-35/h3-15,23,29,33-34,49H,16-22,24-26H2,1-2H3,(H,45,51). The first-order chi connectivity index (χ1) is 27.6. The summed E-state index contributed by atoms with van der Waals surface area (Å²) in [6.07, 6.45) is 0.138. The normalized spacial score (nSPS) is 16.2. The fourth-order valence-electron chi connectivity index (χ4n) is 7.73. The van der Waals surface area contributed by atoms with Crippen LogP contribution in [0, 0.1) is 0 Å². The molecule has 14 heteroatoms. The molecule has 3 aliphatic rings. The number of aliphatic hydroxyl groups excluding tert-OH is 1. The van der Waals surface area contributed by atoms with Gasteiger partial charge in [-0.25, -0.2) is 0 Å². The molecule has 4 aromatic carbocycles. The molecule has 2 atom stereocenters. The molecule has 0 saturated carbocycles. The summed E-state index contributed by atoms with van der Waals surface area (Å²) in [7, 11) is 2.89. The van der Waals surface area contributed by atoms with E-state index in [0.717, 1.165) is 27.5 Å². The van der Waals surface area contributed by atoms with E-state index < -0.39 is 29.9 Å². The van der Waals surface area contributed by atoms with E-state index in [4.69, 9.17) is 30.5 Å². The van der Waals surface area contributed by atoms with Gasteiger partial charge in [0.2, 0.25) is 12.7 Å². The van der Waals surface area contributed by atoms with E-state index >= 15 is 0 Å². The lowest BCUT2D eigenvalue weighted by Crippen LogP contribution is -2.55. The Balaban J connectivity index is 1.10. The van der Waals surface area contributed by atoms with E-state index in [-0.39, 0.29) is 61.0 Å². The van der Waals surface area contributed by atoms with Crippen LogP contribution in [0.2, 0.25) is 5.02 Å². The van der Waals surface area contributed by atoms with Crippen molar-refractivity contribution in [2.24, 2.45) is 0 Å². The molecule has 7 rings (SSSR count). The second-order valence-electron chi connectivity index (χ2n) is 14.3. The maximum atomic E-state index is 14.3. The van der Waals surface area contributed by atoms with E-state index in [1.165, 1.54) is 20.3 Å². The molecule has 4 amide bonds. The highest BCUT2D eigenvalue weighted by atomic mass is 35.5. The molecule has 0 bridgehead atoms. The number of hydrogen-bond donors (Lipinski definition) is 2. The van der Waals surface area contributed by atoms with Gasteiger partial charge in [-0.15, -0.1) is 0 Å². The van der Waals surface area contributed by atoms with Crippen LogP contribution in [-0.4, -0.2) is 109 Å². The number of ether oxygens (including phenoxy) is 4. The van der Waals surface area contributed by atoms with Crippen LogP contribution >= 0.6 is 11.6 Å². The zero-order chi connectivity index (χ0) is 40.1. The number of nitrogens with one attached hydrogen (secondary N) is 1. The Labute approximate surface area is 336 Å². The fourth-order valence-corrected chi connectivity index (χ4v) is 8.04. The smallest absolute Gasteiger partial charge is 0.261 e. The molecule has 3 heterocycles. The SMILES string of the molecule is COc1ccc(C(=O)NC(Cc2ccccc2)C(O)CN(C(=O)CCN2C(=O)c3ccccc3C2=O)C2CCN(Cc3ccc4c(c3)OCO4)CC2)c(Cl)c1OC. The minimum absolute atomic E-state index is 0.0553. The predicted molar refractivity (Wildman–Crippen MR) is 211 cm³/mol. The Morgan fingerprint density at radius 3 is 2.26 bits per heavy atom. The van der Waals surface area contributed by atoms with Gasteiger partial charge in [-0.2, -0.15) is 0 Å². The third kappa shape index (κ3) is 8.70. The Kier molecular flexibility index (Phi) is 12.3. The van der Waals surface area contributed by atoms with Crippen LogP contribution in [0.25, 0.3) is 0 Å². The van der Waals surface area contributed by atoms with Crippen molar-refractivity contribution in [1.82, 2.24) is 20.0 Å². The second-order valence-corrected chi connectivity index (χ2v) is 14.7. The van der Waals surface area contributed by atoms with E-state index in [1.807, 2.05) is 48.5 Å². The van der Waals surface area contributed by atoms with Crippen molar-refractivity contribution in [2.75, 3.05) is 47.2 Å². The molecule has 1 saturated heterocycles. The summed E-state index contributed by atoms with van der Waals surface area (Å²) in [6, 6.07) is 23.9. The highest BCUT2D eigenvalue weighted by Crippen LogP contribution is 2.37. The fraction of sp³-hybridized carbons (Fsp3) is 0.349. The number of methoxy groups -OCH3 is 2. The summed E-state index contributed by atoms with van der Waals surface area (Å²) in [4.78, 5) is 59.5. The number of imide groups is 1. The van der Waals surface area contributed by atoms with Crippen LogP contribution in [0.1, 0.15) is 61.5 Å². The lowest BCUT2D eigenvalue weighted by molar-refractivity contribution is -0.136. The summed E-state index contributed by atoms with van der Waals surface area (Å²) < 4.78 is 21.8. The molecule has 0 spiro atoms. The molecule has 2 unspecified atom stereocenters. The molecular weight excluding hydrogens is 752 g/mol. The van der Waals surface area contributed by atoms with Crippen molar-refractivity contribution in [3.8, 4) is 23.0 Å². The lowest BCUT2D eigenvalue weighted by atomic mass is 9.97. The van der Waals surface area contributed by atoms with Crippen LogP contribution in [-0.2, 0) is 17.8 Å². The van der Waals surface area contributed by atoms with Crippen LogP contribution in [0.3, 0.4) is 0 Å². The number of likely N-dealkylation sites (tertiary alicyclic amines) is 1.